The molecule has 0 bridgehead atoms. The Morgan fingerprint density at radius 3 is 1.83 bits per heavy atom. The second kappa shape index (κ2) is 18.6. The van der Waals surface area contributed by atoms with E-state index in [0.29, 0.717) is 0 Å². The Bertz CT molecular complexity index is 48.8. The first kappa shape index (κ1) is 9.56. The number of nitrogens with zero attached hydrogens (tertiary/aromatic N) is 1. The molecule has 36 valence electrons. The highest BCUT2D eigenvalue weighted by Gasteiger charge is 1.24. The molecule has 1 nitrogen and oxygen atoms in total. The lowest BCUT2D eigenvalue weighted by Gasteiger charge is -1.39. The van der Waals surface area contributed by atoms with Crippen molar-refractivity contribution in [2.45, 2.75) is 0 Å². The van der Waals surface area contributed by atoms with E-state index in [1.807, 2.05) is 5.83 Å². The molecule has 0 saturated heterocycles. The fraction of sp³-hybridized carbons (Fsp3) is 0.667. The van der Waals surface area contributed by atoms with Crippen molar-refractivity contribution in [3.8, 4) is 0 Å². The van der Waals surface area contributed by atoms with Crippen LogP contribution in [0.3, 0.4) is 0 Å². The van der Waals surface area contributed by atoms with Gasteiger partial charge in [-0.15, -0.1) is 0 Å². The Morgan fingerprint density at radius 1 is 1.67 bits per heavy atom. The predicted octanol–water partition coefficient (Wildman–Crippen LogP) is 1.73. The summed E-state index contributed by atoms with van der Waals surface area (Å²) in [4.78, 5) is 3.30. The molecule has 0 aromatic rings. The van der Waals surface area contributed by atoms with Crippen molar-refractivity contribution < 1.29 is 0 Å². The molecule has 0 heterocycles. The molecule has 0 spiro atoms. The molecule has 0 atom stereocenters. The van der Waals surface area contributed by atoms with Crippen LogP contribution in [0, 0.1) is 0 Å². The number of hydrogen-bond donors (Lipinski definition) is 0. The van der Waals surface area contributed by atoms with Gasteiger partial charge in [-0.3, -0.25) is 0 Å². The number of thiocarbonyl (C=S) groups is 1. The van der Waals surface area contributed by atoms with Gasteiger partial charge in [0.1, 0.15) is 0 Å². The van der Waals surface area contributed by atoms with Gasteiger partial charge in [0.05, 0.1) is 5.16 Å². The number of rotatable bonds is 0. The number of aliphatic imine (C=N–C) groups is 1. The van der Waals surface area contributed by atoms with Crippen molar-refractivity contribution in [3.05, 3.63) is 0 Å². The molecule has 0 aromatic heterocycles. The largest absolute Gasteiger partial charge is 0.236 e. The Kier molecular flexibility index (Phi) is 29.6. The van der Waals surface area contributed by atoms with Crippen LogP contribution in [0.2, 0.25) is 0 Å². The van der Waals surface area contributed by atoms with E-state index in [0.717, 1.165) is 0 Å². The molecule has 0 aliphatic carbocycles. The minimum atomic E-state index is 1.59. The molecule has 6 heavy (non-hydrogen) atoms. The molecule has 0 rings (SSSR count). The highest BCUT2D eigenvalue weighted by Crippen LogP contribution is 1.45. The van der Waals surface area contributed by atoms with Crippen molar-refractivity contribution in [1.29, 1.82) is 0 Å². The van der Waals surface area contributed by atoms with E-state index in [1.54, 1.807) is 7.05 Å². The summed E-state index contributed by atoms with van der Waals surface area (Å²) in [5.41, 5.74) is 0. The molecular weight excluding hydrogens is 162 g/mol. The van der Waals surface area contributed by atoms with Crippen LogP contribution in [0.1, 0.15) is 0 Å². The first-order valence-electron chi connectivity index (χ1n) is 1.25. The molecule has 0 amide bonds. The Morgan fingerprint density at radius 2 is 1.83 bits per heavy atom. The molecule has 0 aliphatic heterocycles. The summed E-state index contributed by atoms with van der Waals surface area (Å²) in [6.45, 7) is 0. The lowest BCUT2D eigenvalue weighted by atomic mass is 11.4. The third kappa shape index (κ3) is 28.1. The quantitative estimate of drug-likeness (QED) is 0.305. The maximum atomic E-state index is 4.14. The average Bonchev–Trinajstić information content (AvgIpc) is 1.72. The first-order valence-corrected chi connectivity index (χ1v) is 3.25. The third-order valence-corrected chi connectivity index (χ3v) is 0.274. The van der Waals surface area contributed by atoms with Gasteiger partial charge >= 0.3 is 0 Å². The molecule has 0 saturated carbocycles. The smallest absolute Gasteiger partial charge is 0.0582 e. The summed E-state index contributed by atoms with van der Waals surface area (Å²) >= 11 is 7.07. The van der Waals surface area contributed by atoms with Crippen molar-refractivity contribution in [2.24, 2.45) is 4.99 Å². The highest BCUT2D eigenvalue weighted by molar-refractivity contribution is 9.08. The van der Waals surface area contributed by atoms with Gasteiger partial charge in [0.2, 0.25) is 0 Å². The summed E-state index contributed by atoms with van der Waals surface area (Å²) in [6.07, 6.45) is 0. The zero-order valence-electron chi connectivity index (χ0n) is 3.73. The summed E-state index contributed by atoms with van der Waals surface area (Å²) in [6, 6.07) is 0. The third-order valence-electron chi connectivity index (χ3n) is 0.0913. The lowest BCUT2D eigenvalue weighted by molar-refractivity contribution is 1.49. The van der Waals surface area contributed by atoms with Crippen LogP contribution in [0.5, 0.6) is 0 Å². The Balaban J connectivity index is 0. The van der Waals surface area contributed by atoms with Crippen molar-refractivity contribution in [3.63, 3.8) is 0 Å². The van der Waals surface area contributed by atoms with E-state index in [4.69, 9.17) is 0 Å². The molecule has 0 aromatic carbocycles. The van der Waals surface area contributed by atoms with Gasteiger partial charge in [-0.2, -0.15) is 0 Å². The zero-order chi connectivity index (χ0) is 5.41. The van der Waals surface area contributed by atoms with Gasteiger partial charge in [0.15, 0.2) is 0 Å². The number of alkyl halides is 1. The standard InChI is InChI=1S/C2H3NS.CH3Br/c1-3-2-4;1-2/h1H3;1H3. The lowest BCUT2D eigenvalue weighted by Crippen LogP contribution is -1.33. The van der Waals surface area contributed by atoms with E-state index < -0.39 is 0 Å². The highest BCUT2D eigenvalue weighted by atomic mass is 79.9. The van der Waals surface area contributed by atoms with E-state index in [1.165, 1.54) is 0 Å². The number of halogens is 1. The van der Waals surface area contributed by atoms with E-state index in [2.05, 4.69) is 38.3 Å². The van der Waals surface area contributed by atoms with Gasteiger partial charge in [-0.05, 0) is 18.1 Å². The minimum Gasteiger partial charge on any atom is -0.236 e. The molecule has 0 unspecified atom stereocenters. The normalized spacial score (nSPS) is 3.83. The summed E-state index contributed by atoms with van der Waals surface area (Å²) in [5.74, 6) is 1.81. The zero-order valence-corrected chi connectivity index (χ0v) is 6.14. The topological polar surface area (TPSA) is 12.4 Å². The molecular formula is C3H6BrNS. The predicted molar refractivity (Wildman–Crippen MR) is 35.8 cm³/mol. The fourth-order valence-electron chi connectivity index (χ4n) is 0. The van der Waals surface area contributed by atoms with Crippen LogP contribution >= 0.6 is 28.1 Å². The molecule has 3 heteroatoms. The Labute approximate surface area is 51.6 Å². The maximum Gasteiger partial charge on any atom is 0.0582 e. The summed E-state index contributed by atoms with van der Waals surface area (Å²) < 4.78 is 0. The summed E-state index contributed by atoms with van der Waals surface area (Å²) in [7, 11) is 1.59. The van der Waals surface area contributed by atoms with Crippen molar-refractivity contribution in [1.82, 2.24) is 0 Å². The van der Waals surface area contributed by atoms with E-state index >= 15 is 0 Å². The monoisotopic (exact) mass is 167 g/mol. The SMILES string of the molecule is CBr.CN=C=S. The van der Waals surface area contributed by atoms with Gasteiger partial charge in [-0.25, -0.2) is 4.99 Å². The van der Waals surface area contributed by atoms with Crippen LogP contribution in [0.15, 0.2) is 4.99 Å². The average molecular weight is 168 g/mol. The van der Waals surface area contributed by atoms with Crippen LogP contribution in [0.25, 0.3) is 0 Å². The first-order chi connectivity index (χ1) is 2.91. The molecule has 0 fully saturated rings. The number of hydrogen-bond acceptors (Lipinski definition) is 2. The van der Waals surface area contributed by atoms with Crippen molar-refractivity contribution in [2.75, 3.05) is 12.9 Å². The minimum absolute atomic E-state index is 1.59. The second-order valence-corrected chi connectivity index (χ2v) is 0.497. The van der Waals surface area contributed by atoms with Gasteiger partial charge < -0.3 is 0 Å². The maximum absolute atomic E-state index is 4.14. The van der Waals surface area contributed by atoms with Gasteiger partial charge in [0, 0.05) is 7.05 Å². The summed E-state index contributed by atoms with van der Waals surface area (Å²) in [5, 5.41) is 2.14. The fourth-order valence-corrected chi connectivity index (χ4v) is 0. The number of isothiocyanates is 1. The van der Waals surface area contributed by atoms with Crippen LogP contribution in [-0.4, -0.2) is 18.0 Å². The Hall–Kier alpha value is 0.280. The van der Waals surface area contributed by atoms with Crippen LogP contribution in [0.4, 0.5) is 0 Å². The second-order valence-electron chi connectivity index (χ2n) is 0.315. The molecule has 0 radical (unpaired) electrons. The van der Waals surface area contributed by atoms with Crippen LogP contribution < -0.4 is 0 Å². The van der Waals surface area contributed by atoms with Gasteiger partial charge in [0.25, 0.3) is 0 Å². The van der Waals surface area contributed by atoms with Gasteiger partial charge in [-0.1, -0.05) is 15.9 Å². The molecule has 0 aliphatic rings. The van der Waals surface area contributed by atoms with E-state index in [-0.39, 0.29) is 0 Å². The molecule has 0 N–H and O–H groups in total. The van der Waals surface area contributed by atoms with Crippen molar-refractivity contribution >= 4 is 33.3 Å². The van der Waals surface area contributed by atoms with E-state index in [9.17, 15) is 0 Å². The van der Waals surface area contributed by atoms with Crippen LogP contribution in [-0.2, 0) is 0 Å².